The van der Waals surface area contributed by atoms with E-state index >= 15 is 0 Å². The van der Waals surface area contributed by atoms with Crippen molar-refractivity contribution in [1.29, 1.82) is 0 Å². The van der Waals surface area contributed by atoms with Crippen molar-refractivity contribution in [1.82, 2.24) is 10.3 Å². The summed E-state index contributed by atoms with van der Waals surface area (Å²) in [6, 6.07) is 13.5. The molecule has 1 aliphatic heterocycles. The van der Waals surface area contributed by atoms with Crippen LogP contribution >= 0.6 is 0 Å². The first kappa shape index (κ1) is 19.4. The van der Waals surface area contributed by atoms with E-state index in [9.17, 15) is 9.59 Å². The van der Waals surface area contributed by atoms with Gasteiger partial charge < -0.3 is 15.0 Å². The zero-order chi connectivity index (χ0) is 19.5. The second kappa shape index (κ2) is 7.69. The molecule has 0 unspecified atom stereocenters. The number of rotatable bonds is 5. The molecule has 5 nitrogen and oxygen atoms in total. The highest BCUT2D eigenvalue weighted by Crippen LogP contribution is 2.43. The third-order valence-corrected chi connectivity index (χ3v) is 5.35. The summed E-state index contributed by atoms with van der Waals surface area (Å²) in [4.78, 5) is 26.7. The van der Waals surface area contributed by atoms with Crippen molar-refractivity contribution in [2.75, 3.05) is 13.2 Å². The van der Waals surface area contributed by atoms with Gasteiger partial charge in [-0.1, -0.05) is 30.3 Å². The topological polar surface area (TPSA) is 71.2 Å². The van der Waals surface area contributed by atoms with Crippen molar-refractivity contribution in [3.63, 3.8) is 0 Å². The molecule has 27 heavy (non-hydrogen) atoms. The summed E-state index contributed by atoms with van der Waals surface area (Å²) in [5.41, 5.74) is 1.90. The lowest BCUT2D eigenvalue weighted by Gasteiger charge is -2.45. The Hall–Kier alpha value is -2.40. The lowest BCUT2D eigenvalue weighted by atomic mass is 9.67. The summed E-state index contributed by atoms with van der Waals surface area (Å²) < 4.78 is 5.94. The van der Waals surface area contributed by atoms with Gasteiger partial charge in [0.25, 0.3) is 5.91 Å². The van der Waals surface area contributed by atoms with Crippen LogP contribution in [0.25, 0.3) is 0 Å². The monoisotopic (exact) mass is 368 g/mol. The molecule has 2 heterocycles. The van der Waals surface area contributed by atoms with Gasteiger partial charge in [-0.3, -0.25) is 9.59 Å². The number of nitrogens with one attached hydrogen (secondary N) is 2. The molecular formula is C22H28N2O3. The molecule has 0 radical (unpaired) electrons. The van der Waals surface area contributed by atoms with E-state index in [-0.39, 0.29) is 22.5 Å². The van der Waals surface area contributed by atoms with Crippen LogP contribution in [0.2, 0.25) is 0 Å². The second-order valence-electron chi connectivity index (χ2n) is 8.10. The number of ether oxygens (including phenoxy) is 1. The van der Waals surface area contributed by atoms with Gasteiger partial charge in [-0.05, 0) is 51.7 Å². The number of H-pyrrole nitrogens is 1. The van der Waals surface area contributed by atoms with Crippen LogP contribution in [-0.4, -0.2) is 29.6 Å². The van der Waals surface area contributed by atoms with E-state index in [0.29, 0.717) is 24.4 Å². The first-order valence-corrected chi connectivity index (χ1v) is 9.48. The van der Waals surface area contributed by atoms with Crippen LogP contribution < -0.4 is 10.9 Å². The molecule has 1 atom stereocenters. The largest absolute Gasteiger partial charge is 0.376 e. The maximum Gasteiger partial charge on any atom is 0.251 e. The quantitative estimate of drug-likeness (QED) is 0.850. The molecule has 0 saturated carbocycles. The standard InChI is InChI=1S/C22H28N2O3/c1-16-13-17(14-19(25)24-16)20(26)23-11-9-22(18-7-5-4-6-8-18)10-12-27-21(2,3)15-22/h4-8,13-14H,9-12,15H2,1-3H3,(H,23,26)(H,24,25)/t22-/m0/s1. The van der Waals surface area contributed by atoms with Crippen molar-refractivity contribution in [3.05, 3.63) is 69.6 Å². The van der Waals surface area contributed by atoms with Crippen molar-refractivity contribution < 1.29 is 9.53 Å². The maximum absolute atomic E-state index is 12.5. The first-order valence-electron chi connectivity index (χ1n) is 9.48. The Morgan fingerprint density at radius 3 is 2.63 bits per heavy atom. The van der Waals surface area contributed by atoms with Crippen LogP contribution in [0.3, 0.4) is 0 Å². The molecule has 1 aliphatic rings. The summed E-state index contributed by atoms with van der Waals surface area (Å²) in [5, 5.41) is 2.99. The van der Waals surface area contributed by atoms with Gasteiger partial charge >= 0.3 is 0 Å². The lowest BCUT2D eigenvalue weighted by molar-refractivity contribution is -0.0838. The second-order valence-corrected chi connectivity index (χ2v) is 8.10. The number of carbonyl (C=O) groups excluding carboxylic acids is 1. The summed E-state index contributed by atoms with van der Waals surface area (Å²) >= 11 is 0. The van der Waals surface area contributed by atoms with E-state index in [0.717, 1.165) is 19.3 Å². The molecule has 144 valence electrons. The van der Waals surface area contributed by atoms with Crippen molar-refractivity contribution >= 4 is 5.91 Å². The van der Waals surface area contributed by atoms with Crippen LogP contribution in [0.1, 0.15) is 54.7 Å². The van der Waals surface area contributed by atoms with Gasteiger partial charge in [-0.25, -0.2) is 0 Å². The molecule has 1 fully saturated rings. The van der Waals surface area contributed by atoms with Gasteiger partial charge in [-0.2, -0.15) is 0 Å². The number of hydrogen-bond acceptors (Lipinski definition) is 3. The van der Waals surface area contributed by atoms with Crippen LogP contribution in [0.5, 0.6) is 0 Å². The minimum atomic E-state index is -0.257. The van der Waals surface area contributed by atoms with Crippen molar-refractivity contribution in [3.8, 4) is 0 Å². The SMILES string of the molecule is Cc1cc(C(=O)NCC[C@]2(c3ccccc3)CCOC(C)(C)C2)cc(=O)[nH]1. The predicted molar refractivity (Wildman–Crippen MR) is 106 cm³/mol. The van der Waals surface area contributed by atoms with Crippen LogP contribution in [-0.2, 0) is 10.2 Å². The molecule has 2 aromatic rings. The molecule has 0 spiro atoms. The van der Waals surface area contributed by atoms with Crippen LogP contribution in [0.15, 0.2) is 47.3 Å². The minimum Gasteiger partial charge on any atom is -0.376 e. The van der Waals surface area contributed by atoms with E-state index in [1.807, 2.05) is 6.07 Å². The van der Waals surface area contributed by atoms with E-state index in [1.165, 1.54) is 11.6 Å². The highest BCUT2D eigenvalue weighted by atomic mass is 16.5. The third kappa shape index (κ3) is 4.66. The zero-order valence-corrected chi connectivity index (χ0v) is 16.3. The van der Waals surface area contributed by atoms with Gasteiger partial charge in [0.1, 0.15) is 0 Å². The highest BCUT2D eigenvalue weighted by molar-refractivity contribution is 5.94. The molecule has 1 aromatic heterocycles. The molecule has 0 aliphatic carbocycles. The van der Waals surface area contributed by atoms with Gasteiger partial charge in [0.05, 0.1) is 5.60 Å². The maximum atomic E-state index is 12.5. The average molecular weight is 368 g/mol. The Morgan fingerprint density at radius 2 is 1.96 bits per heavy atom. The van der Waals surface area contributed by atoms with Crippen LogP contribution in [0, 0.1) is 6.92 Å². The number of aryl methyl sites for hydroxylation is 1. The average Bonchev–Trinajstić information content (AvgIpc) is 2.61. The normalized spacial score (nSPS) is 21.6. The third-order valence-electron chi connectivity index (χ3n) is 5.35. The summed E-state index contributed by atoms with van der Waals surface area (Å²) in [6.45, 7) is 7.29. The number of amides is 1. The van der Waals surface area contributed by atoms with Crippen LogP contribution in [0.4, 0.5) is 0 Å². The molecule has 2 N–H and O–H groups in total. The highest BCUT2D eigenvalue weighted by Gasteiger charge is 2.41. The van der Waals surface area contributed by atoms with E-state index in [2.05, 4.69) is 48.4 Å². The lowest BCUT2D eigenvalue weighted by Crippen LogP contribution is -2.45. The van der Waals surface area contributed by atoms with Crippen molar-refractivity contribution in [2.45, 2.75) is 51.0 Å². The number of hydrogen-bond donors (Lipinski definition) is 2. The van der Waals surface area contributed by atoms with Gasteiger partial charge in [0.2, 0.25) is 5.56 Å². The summed E-state index contributed by atoms with van der Waals surface area (Å²) in [5.74, 6) is -0.210. The van der Waals surface area contributed by atoms with Gasteiger partial charge in [0.15, 0.2) is 0 Å². The Kier molecular flexibility index (Phi) is 5.51. The fourth-order valence-corrected chi connectivity index (χ4v) is 4.20. The Balaban J connectivity index is 1.74. The molecule has 1 aromatic carbocycles. The Bertz CT molecular complexity index is 857. The van der Waals surface area contributed by atoms with E-state index < -0.39 is 0 Å². The minimum absolute atomic E-state index is 0.0274. The number of aromatic nitrogens is 1. The predicted octanol–water partition coefficient (Wildman–Crippen LogP) is 3.33. The zero-order valence-electron chi connectivity index (χ0n) is 16.3. The molecule has 0 bridgehead atoms. The smallest absolute Gasteiger partial charge is 0.251 e. The Labute approximate surface area is 160 Å². The molecule has 3 rings (SSSR count). The fourth-order valence-electron chi connectivity index (χ4n) is 4.20. The number of benzene rings is 1. The van der Waals surface area contributed by atoms with Gasteiger partial charge in [0, 0.05) is 35.9 Å². The molecular weight excluding hydrogens is 340 g/mol. The Morgan fingerprint density at radius 1 is 1.22 bits per heavy atom. The van der Waals surface area contributed by atoms with Crippen molar-refractivity contribution in [2.24, 2.45) is 0 Å². The molecule has 5 heteroatoms. The molecule has 1 saturated heterocycles. The molecule has 1 amide bonds. The first-order chi connectivity index (χ1) is 12.8. The summed E-state index contributed by atoms with van der Waals surface area (Å²) in [7, 11) is 0. The number of carbonyl (C=O) groups is 1. The van der Waals surface area contributed by atoms with Gasteiger partial charge in [-0.15, -0.1) is 0 Å². The number of aromatic amines is 1. The fraction of sp³-hybridized carbons (Fsp3) is 0.455. The van der Waals surface area contributed by atoms with E-state index in [1.54, 1.807) is 13.0 Å². The number of pyridine rings is 1. The van der Waals surface area contributed by atoms with E-state index in [4.69, 9.17) is 4.74 Å². The summed E-state index contributed by atoms with van der Waals surface area (Å²) in [6.07, 6.45) is 2.67.